The predicted molar refractivity (Wildman–Crippen MR) is 92.4 cm³/mol. The van der Waals surface area contributed by atoms with E-state index in [0.717, 1.165) is 17.5 Å². The molecule has 0 saturated carbocycles. The average Bonchev–Trinajstić information content (AvgIpc) is 2.54. The molecule has 6 heteroatoms. The number of ether oxygens (including phenoxy) is 1. The van der Waals surface area contributed by atoms with Gasteiger partial charge in [0.25, 0.3) is 5.91 Å². The smallest absolute Gasteiger partial charge is 0.262 e. The van der Waals surface area contributed by atoms with Gasteiger partial charge in [0.1, 0.15) is 5.75 Å². The molecule has 1 heterocycles. The van der Waals surface area contributed by atoms with Crippen molar-refractivity contribution in [3.8, 4) is 5.75 Å². The van der Waals surface area contributed by atoms with Gasteiger partial charge in [0, 0.05) is 11.6 Å². The van der Waals surface area contributed by atoms with E-state index in [1.54, 1.807) is 12.1 Å². The molecule has 0 aromatic heterocycles. The number of anilines is 1. The van der Waals surface area contributed by atoms with E-state index < -0.39 is 0 Å². The molecule has 3 rings (SSSR count). The van der Waals surface area contributed by atoms with Crippen LogP contribution in [0, 0.1) is 0 Å². The summed E-state index contributed by atoms with van der Waals surface area (Å²) < 4.78 is 5.30. The van der Waals surface area contributed by atoms with Gasteiger partial charge in [-0.1, -0.05) is 29.8 Å². The van der Waals surface area contributed by atoms with Gasteiger partial charge in [-0.15, -0.1) is 0 Å². The van der Waals surface area contributed by atoms with Gasteiger partial charge in [0.2, 0.25) is 5.91 Å². The summed E-state index contributed by atoms with van der Waals surface area (Å²) >= 11 is 5.93. The monoisotopic (exact) mass is 344 g/mol. The highest BCUT2D eigenvalue weighted by molar-refractivity contribution is 6.30. The number of nitrogens with one attached hydrogen (secondary N) is 2. The first-order chi connectivity index (χ1) is 11.6. The zero-order valence-electron chi connectivity index (χ0n) is 13.0. The minimum absolute atomic E-state index is 0.0241. The second kappa shape index (κ2) is 7.36. The maximum Gasteiger partial charge on any atom is 0.262 e. The standard InChI is InChI=1S/C18H17ClN2O3/c19-14-3-1-2-12(8-14)6-7-20-17(22)10-13-4-5-16-15(9-13)21-18(23)11-24-16/h1-5,8-9H,6-7,10-11H2,(H,20,22)(H,21,23). The lowest BCUT2D eigenvalue weighted by molar-refractivity contribution is -0.120. The molecule has 0 bridgehead atoms. The Bertz CT molecular complexity index is 777. The highest BCUT2D eigenvalue weighted by Gasteiger charge is 2.16. The third-order valence-corrected chi connectivity index (χ3v) is 3.90. The molecule has 24 heavy (non-hydrogen) atoms. The van der Waals surface area contributed by atoms with Crippen LogP contribution in [0.4, 0.5) is 5.69 Å². The van der Waals surface area contributed by atoms with Gasteiger partial charge in [-0.25, -0.2) is 0 Å². The quantitative estimate of drug-likeness (QED) is 0.876. The zero-order valence-corrected chi connectivity index (χ0v) is 13.7. The molecule has 0 spiro atoms. The van der Waals surface area contributed by atoms with Crippen LogP contribution in [0.5, 0.6) is 5.75 Å². The lowest BCUT2D eigenvalue weighted by Crippen LogP contribution is -2.28. The molecule has 0 fully saturated rings. The van der Waals surface area contributed by atoms with Crippen molar-refractivity contribution in [3.05, 3.63) is 58.6 Å². The SMILES string of the molecule is O=C(Cc1ccc2c(c1)NC(=O)CO2)NCCc1cccc(Cl)c1. The molecule has 0 radical (unpaired) electrons. The van der Waals surface area contributed by atoms with Crippen LogP contribution in [0.1, 0.15) is 11.1 Å². The molecule has 0 unspecified atom stereocenters. The molecule has 2 aromatic carbocycles. The van der Waals surface area contributed by atoms with Gasteiger partial charge >= 0.3 is 0 Å². The summed E-state index contributed by atoms with van der Waals surface area (Å²) in [5.41, 5.74) is 2.51. The highest BCUT2D eigenvalue weighted by Crippen LogP contribution is 2.28. The van der Waals surface area contributed by atoms with Crippen molar-refractivity contribution in [2.45, 2.75) is 12.8 Å². The van der Waals surface area contributed by atoms with Crippen LogP contribution < -0.4 is 15.4 Å². The molecule has 2 aromatic rings. The lowest BCUT2D eigenvalue weighted by atomic mass is 10.1. The molecule has 1 aliphatic rings. The van der Waals surface area contributed by atoms with Crippen molar-refractivity contribution in [2.24, 2.45) is 0 Å². The fourth-order valence-corrected chi connectivity index (χ4v) is 2.74. The van der Waals surface area contributed by atoms with Crippen molar-refractivity contribution < 1.29 is 14.3 Å². The highest BCUT2D eigenvalue weighted by atomic mass is 35.5. The first kappa shape index (κ1) is 16.3. The summed E-state index contributed by atoms with van der Waals surface area (Å²) in [4.78, 5) is 23.4. The molecule has 5 nitrogen and oxygen atoms in total. The molecular weight excluding hydrogens is 328 g/mol. The topological polar surface area (TPSA) is 67.4 Å². The Morgan fingerprint density at radius 2 is 2.08 bits per heavy atom. The normalized spacial score (nSPS) is 12.8. The first-order valence-electron chi connectivity index (χ1n) is 7.67. The Morgan fingerprint density at radius 3 is 2.92 bits per heavy atom. The van der Waals surface area contributed by atoms with E-state index in [0.29, 0.717) is 23.0 Å². The van der Waals surface area contributed by atoms with Gasteiger partial charge in [-0.05, 0) is 41.8 Å². The van der Waals surface area contributed by atoms with E-state index in [2.05, 4.69) is 10.6 Å². The summed E-state index contributed by atoms with van der Waals surface area (Å²) in [7, 11) is 0. The number of hydrogen-bond acceptors (Lipinski definition) is 3. The Labute approximate surface area is 145 Å². The Hall–Kier alpha value is -2.53. The number of carbonyl (C=O) groups is 2. The fraction of sp³-hybridized carbons (Fsp3) is 0.222. The molecule has 0 aliphatic carbocycles. The number of rotatable bonds is 5. The molecule has 0 atom stereocenters. The van der Waals surface area contributed by atoms with E-state index >= 15 is 0 Å². The molecule has 2 N–H and O–H groups in total. The predicted octanol–water partition coefficient (Wildman–Crippen LogP) is 2.57. The van der Waals surface area contributed by atoms with Crippen LogP contribution in [0.15, 0.2) is 42.5 Å². The maximum atomic E-state index is 12.0. The number of benzene rings is 2. The van der Waals surface area contributed by atoms with E-state index in [9.17, 15) is 9.59 Å². The minimum Gasteiger partial charge on any atom is -0.482 e. The summed E-state index contributed by atoms with van der Waals surface area (Å²) in [6.45, 7) is 0.570. The Kier molecular flexibility index (Phi) is 5.01. The van der Waals surface area contributed by atoms with Crippen LogP contribution >= 0.6 is 11.6 Å². The molecular formula is C18H17ClN2O3. The Morgan fingerprint density at radius 1 is 1.21 bits per heavy atom. The maximum absolute atomic E-state index is 12.0. The van der Waals surface area contributed by atoms with Crippen molar-refractivity contribution >= 4 is 29.1 Å². The molecule has 2 amide bonds. The lowest BCUT2D eigenvalue weighted by Gasteiger charge is -2.18. The van der Waals surface area contributed by atoms with Crippen LogP contribution in [-0.2, 0) is 22.4 Å². The van der Waals surface area contributed by atoms with Crippen molar-refractivity contribution in [2.75, 3.05) is 18.5 Å². The number of amides is 2. The Balaban J connectivity index is 1.52. The number of fused-ring (bicyclic) bond motifs is 1. The molecule has 1 aliphatic heterocycles. The van der Waals surface area contributed by atoms with Crippen molar-refractivity contribution in [1.82, 2.24) is 5.32 Å². The van der Waals surface area contributed by atoms with E-state index in [1.807, 2.05) is 30.3 Å². The number of hydrogen-bond donors (Lipinski definition) is 2. The summed E-state index contributed by atoms with van der Waals surface area (Å²) in [5.74, 6) is 0.366. The summed E-state index contributed by atoms with van der Waals surface area (Å²) in [5, 5.41) is 6.31. The van der Waals surface area contributed by atoms with Gasteiger partial charge in [-0.2, -0.15) is 0 Å². The van der Waals surface area contributed by atoms with E-state index in [4.69, 9.17) is 16.3 Å². The van der Waals surface area contributed by atoms with E-state index in [1.165, 1.54) is 0 Å². The third kappa shape index (κ3) is 4.26. The molecule has 124 valence electrons. The second-order valence-corrected chi connectivity index (χ2v) is 6.01. The van der Waals surface area contributed by atoms with Gasteiger partial charge in [-0.3, -0.25) is 9.59 Å². The van der Waals surface area contributed by atoms with Crippen LogP contribution in [-0.4, -0.2) is 25.0 Å². The average molecular weight is 345 g/mol. The van der Waals surface area contributed by atoms with Gasteiger partial charge < -0.3 is 15.4 Å². The summed E-state index contributed by atoms with van der Waals surface area (Å²) in [6.07, 6.45) is 0.971. The van der Waals surface area contributed by atoms with Gasteiger partial charge in [0.05, 0.1) is 12.1 Å². The summed E-state index contributed by atoms with van der Waals surface area (Å²) in [6, 6.07) is 12.9. The number of carbonyl (C=O) groups excluding carboxylic acids is 2. The minimum atomic E-state index is -0.189. The third-order valence-electron chi connectivity index (χ3n) is 3.67. The fourth-order valence-electron chi connectivity index (χ4n) is 2.53. The van der Waals surface area contributed by atoms with Crippen LogP contribution in [0.25, 0.3) is 0 Å². The number of halogens is 1. The van der Waals surface area contributed by atoms with Crippen molar-refractivity contribution in [1.29, 1.82) is 0 Å². The van der Waals surface area contributed by atoms with Gasteiger partial charge in [0.15, 0.2) is 6.61 Å². The second-order valence-electron chi connectivity index (χ2n) is 5.57. The van der Waals surface area contributed by atoms with Crippen LogP contribution in [0.3, 0.4) is 0 Å². The van der Waals surface area contributed by atoms with Crippen molar-refractivity contribution in [3.63, 3.8) is 0 Å². The molecule has 0 saturated heterocycles. The van der Waals surface area contributed by atoms with E-state index in [-0.39, 0.29) is 24.8 Å². The zero-order chi connectivity index (χ0) is 16.9. The van der Waals surface area contributed by atoms with Crippen LogP contribution in [0.2, 0.25) is 5.02 Å². The largest absolute Gasteiger partial charge is 0.482 e. The first-order valence-corrected chi connectivity index (χ1v) is 8.05.